The van der Waals surface area contributed by atoms with E-state index in [1.807, 2.05) is 13.1 Å². The van der Waals surface area contributed by atoms with Gasteiger partial charge in [-0.25, -0.2) is 0 Å². The lowest BCUT2D eigenvalue weighted by Gasteiger charge is -2.32. The van der Waals surface area contributed by atoms with Gasteiger partial charge in [0.1, 0.15) is 0 Å². The minimum Gasteiger partial charge on any atom is -0.398 e. The van der Waals surface area contributed by atoms with E-state index in [2.05, 4.69) is 16.8 Å². The van der Waals surface area contributed by atoms with E-state index in [9.17, 15) is 0 Å². The molecule has 1 unspecified atom stereocenters. The van der Waals surface area contributed by atoms with Crippen molar-refractivity contribution in [2.45, 2.75) is 39.3 Å². The van der Waals surface area contributed by atoms with Crippen molar-refractivity contribution in [3.8, 4) is 0 Å². The largest absolute Gasteiger partial charge is 0.398 e. The molecule has 2 heterocycles. The second-order valence-electron chi connectivity index (χ2n) is 5.16. The first-order valence-corrected chi connectivity index (χ1v) is 6.57. The number of rotatable bonds is 3. The molecular weight excluding hydrogens is 226 g/mol. The van der Waals surface area contributed by atoms with Crippen LogP contribution in [0.4, 0.5) is 5.69 Å². The lowest BCUT2D eigenvalue weighted by molar-refractivity contribution is 0.0281. The molecule has 1 aliphatic rings. The van der Waals surface area contributed by atoms with Gasteiger partial charge in [-0.1, -0.05) is 0 Å². The number of ether oxygens (including phenoxy) is 1. The number of anilines is 1. The zero-order valence-corrected chi connectivity index (χ0v) is 11.6. The molecule has 0 spiro atoms. The predicted octanol–water partition coefficient (Wildman–Crippen LogP) is 1.89. The maximum Gasteiger partial charge on any atom is 0.0698 e. The number of methoxy groups -OCH3 is 1. The zero-order valence-electron chi connectivity index (χ0n) is 11.6. The molecule has 0 amide bonds. The van der Waals surface area contributed by atoms with Crippen molar-refractivity contribution in [2.24, 2.45) is 0 Å². The van der Waals surface area contributed by atoms with Crippen LogP contribution in [-0.2, 0) is 11.3 Å². The highest BCUT2D eigenvalue weighted by Crippen LogP contribution is 2.21. The minimum absolute atomic E-state index is 0.363. The standard InChI is InChI=1S/C14H23N3O/c1-10-7-16-13(11(2)14(10)15)9-17-6-4-5-12(8-17)18-3/h7,12H,4-6,8-9H2,1-3H3,(H2,15,16). The first-order chi connectivity index (χ1) is 8.61. The fourth-order valence-electron chi connectivity index (χ4n) is 2.51. The average molecular weight is 249 g/mol. The van der Waals surface area contributed by atoms with E-state index in [1.54, 1.807) is 7.11 Å². The summed E-state index contributed by atoms with van der Waals surface area (Å²) in [5.74, 6) is 0. The van der Waals surface area contributed by atoms with E-state index in [0.717, 1.165) is 48.6 Å². The normalized spacial score (nSPS) is 21.2. The van der Waals surface area contributed by atoms with E-state index in [-0.39, 0.29) is 0 Å². The van der Waals surface area contributed by atoms with Gasteiger partial charge in [-0.3, -0.25) is 9.88 Å². The van der Waals surface area contributed by atoms with Crippen LogP contribution < -0.4 is 5.73 Å². The number of nitrogen functional groups attached to an aromatic ring is 1. The molecule has 1 atom stereocenters. The Morgan fingerprint density at radius 1 is 1.50 bits per heavy atom. The summed E-state index contributed by atoms with van der Waals surface area (Å²) in [7, 11) is 1.79. The highest BCUT2D eigenvalue weighted by molar-refractivity contribution is 5.53. The zero-order chi connectivity index (χ0) is 13.1. The molecule has 1 aromatic rings. The molecule has 100 valence electrons. The molecule has 0 saturated carbocycles. The predicted molar refractivity (Wildman–Crippen MR) is 73.4 cm³/mol. The number of aromatic nitrogens is 1. The van der Waals surface area contributed by atoms with Crippen molar-refractivity contribution in [3.63, 3.8) is 0 Å². The number of piperidine rings is 1. The molecule has 2 N–H and O–H groups in total. The molecule has 1 aliphatic heterocycles. The molecule has 0 bridgehead atoms. The molecule has 2 rings (SSSR count). The molecule has 4 nitrogen and oxygen atoms in total. The average Bonchev–Trinajstić information content (AvgIpc) is 2.40. The summed E-state index contributed by atoms with van der Waals surface area (Å²) in [5.41, 5.74) is 10.2. The third-order valence-corrected chi connectivity index (χ3v) is 3.84. The number of pyridine rings is 1. The van der Waals surface area contributed by atoms with Crippen molar-refractivity contribution >= 4 is 5.69 Å². The minimum atomic E-state index is 0.363. The van der Waals surface area contributed by atoms with Gasteiger partial charge in [-0.15, -0.1) is 0 Å². The molecule has 1 aromatic heterocycles. The molecule has 0 aliphatic carbocycles. The summed E-state index contributed by atoms with van der Waals surface area (Å²) in [4.78, 5) is 6.93. The SMILES string of the molecule is COC1CCCN(Cc2ncc(C)c(N)c2C)C1. The first-order valence-electron chi connectivity index (χ1n) is 6.57. The molecule has 0 radical (unpaired) electrons. The first kappa shape index (κ1) is 13.3. The van der Waals surface area contributed by atoms with Crippen LogP contribution in [0.25, 0.3) is 0 Å². The molecule has 1 fully saturated rings. The Bertz CT molecular complexity index is 420. The van der Waals surface area contributed by atoms with Crippen LogP contribution >= 0.6 is 0 Å². The fraction of sp³-hybridized carbons (Fsp3) is 0.643. The number of nitrogens with zero attached hydrogens (tertiary/aromatic N) is 2. The molecular formula is C14H23N3O. The molecule has 4 heteroatoms. The van der Waals surface area contributed by atoms with Gasteiger partial charge in [-0.05, 0) is 44.4 Å². The number of hydrogen-bond acceptors (Lipinski definition) is 4. The number of aryl methyl sites for hydroxylation is 1. The Morgan fingerprint density at radius 3 is 3.00 bits per heavy atom. The van der Waals surface area contributed by atoms with Gasteiger partial charge in [0.15, 0.2) is 0 Å². The van der Waals surface area contributed by atoms with Gasteiger partial charge in [0.05, 0.1) is 11.8 Å². The van der Waals surface area contributed by atoms with Crippen LogP contribution in [0, 0.1) is 13.8 Å². The van der Waals surface area contributed by atoms with Gasteiger partial charge in [0.2, 0.25) is 0 Å². The second-order valence-corrected chi connectivity index (χ2v) is 5.16. The van der Waals surface area contributed by atoms with Crippen LogP contribution in [-0.4, -0.2) is 36.2 Å². The topological polar surface area (TPSA) is 51.4 Å². The third kappa shape index (κ3) is 2.82. The second kappa shape index (κ2) is 5.67. The van der Waals surface area contributed by atoms with Gasteiger partial charge >= 0.3 is 0 Å². The van der Waals surface area contributed by atoms with Crippen molar-refractivity contribution in [2.75, 3.05) is 25.9 Å². The summed E-state index contributed by atoms with van der Waals surface area (Å²) >= 11 is 0. The van der Waals surface area contributed by atoms with E-state index in [4.69, 9.17) is 10.5 Å². The summed E-state index contributed by atoms with van der Waals surface area (Å²) in [6, 6.07) is 0. The number of likely N-dealkylation sites (tertiary alicyclic amines) is 1. The van der Waals surface area contributed by atoms with Crippen molar-refractivity contribution < 1.29 is 4.74 Å². The Morgan fingerprint density at radius 2 is 2.28 bits per heavy atom. The summed E-state index contributed by atoms with van der Waals surface area (Å²) in [6.45, 7) is 7.04. The molecule has 18 heavy (non-hydrogen) atoms. The Labute approximate surface area is 109 Å². The van der Waals surface area contributed by atoms with Crippen molar-refractivity contribution in [1.82, 2.24) is 9.88 Å². The van der Waals surface area contributed by atoms with Gasteiger partial charge in [0.25, 0.3) is 0 Å². The number of nitrogens with two attached hydrogens (primary N) is 1. The maximum absolute atomic E-state index is 6.06. The van der Waals surface area contributed by atoms with Crippen molar-refractivity contribution in [3.05, 3.63) is 23.0 Å². The Kier molecular flexibility index (Phi) is 4.19. The van der Waals surface area contributed by atoms with E-state index < -0.39 is 0 Å². The molecule has 0 aromatic carbocycles. The summed E-state index contributed by atoms with van der Waals surface area (Å²) < 4.78 is 5.45. The van der Waals surface area contributed by atoms with Crippen molar-refractivity contribution in [1.29, 1.82) is 0 Å². The third-order valence-electron chi connectivity index (χ3n) is 3.84. The summed E-state index contributed by atoms with van der Waals surface area (Å²) in [6.07, 6.45) is 4.59. The lowest BCUT2D eigenvalue weighted by atomic mass is 10.1. The smallest absolute Gasteiger partial charge is 0.0698 e. The summed E-state index contributed by atoms with van der Waals surface area (Å²) in [5, 5.41) is 0. The molecule has 1 saturated heterocycles. The highest BCUT2D eigenvalue weighted by Gasteiger charge is 2.20. The van der Waals surface area contributed by atoms with Crippen LogP contribution in [0.2, 0.25) is 0 Å². The van der Waals surface area contributed by atoms with Crippen LogP contribution in [0.5, 0.6) is 0 Å². The monoisotopic (exact) mass is 249 g/mol. The van der Waals surface area contributed by atoms with E-state index in [0.29, 0.717) is 6.10 Å². The van der Waals surface area contributed by atoms with E-state index in [1.165, 1.54) is 6.42 Å². The number of hydrogen-bond donors (Lipinski definition) is 1. The van der Waals surface area contributed by atoms with Gasteiger partial charge in [0, 0.05) is 32.1 Å². The van der Waals surface area contributed by atoms with E-state index >= 15 is 0 Å². The van der Waals surface area contributed by atoms with Gasteiger partial charge < -0.3 is 10.5 Å². The highest BCUT2D eigenvalue weighted by atomic mass is 16.5. The van der Waals surface area contributed by atoms with Crippen LogP contribution in [0.1, 0.15) is 29.7 Å². The Hall–Kier alpha value is -1.13. The van der Waals surface area contributed by atoms with Crippen LogP contribution in [0.3, 0.4) is 0 Å². The lowest BCUT2D eigenvalue weighted by Crippen LogP contribution is -2.39. The van der Waals surface area contributed by atoms with Crippen LogP contribution in [0.15, 0.2) is 6.20 Å². The quantitative estimate of drug-likeness (QED) is 0.889. The maximum atomic E-state index is 6.06. The Balaban J connectivity index is 2.07. The van der Waals surface area contributed by atoms with Gasteiger partial charge in [-0.2, -0.15) is 0 Å². The fourth-order valence-corrected chi connectivity index (χ4v) is 2.51.